The van der Waals surface area contributed by atoms with E-state index >= 15 is 0 Å². The zero-order valence-corrected chi connectivity index (χ0v) is 9.47. The molecule has 12 nitrogen and oxygen atoms in total. The molecule has 0 aliphatic heterocycles. The molecular weight excluding hydrogens is 274 g/mol. The number of carbonyl (C=O) groups excluding carboxylic acids is 2. The van der Waals surface area contributed by atoms with E-state index < -0.39 is 35.5 Å². The molecule has 4 N–H and O–H groups in total. The van der Waals surface area contributed by atoms with E-state index in [0.29, 0.717) is 0 Å². The summed E-state index contributed by atoms with van der Waals surface area (Å²) in [5.74, 6) is -3.75. The van der Waals surface area contributed by atoms with Crippen molar-refractivity contribution in [1.29, 1.82) is 0 Å². The summed E-state index contributed by atoms with van der Waals surface area (Å²) >= 11 is 0. The van der Waals surface area contributed by atoms with Crippen LogP contribution in [-0.4, -0.2) is 51.3 Å². The minimum absolute atomic E-state index is 0. The number of carbonyl (C=O) groups is 4. The van der Waals surface area contributed by atoms with Crippen molar-refractivity contribution in [3.63, 3.8) is 0 Å². The number of nitrogens with zero attached hydrogens (tertiary/aromatic N) is 1. The van der Waals surface area contributed by atoms with E-state index in [2.05, 4.69) is 9.57 Å². The molecule has 0 saturated heterocycles. The van der Waals surface area contributed by atoms with E-state index in [1.807, 2.05) is 0 Å². The zero-order valence-electron chi connectivity index (χ0n) is 9.47. The Balaban J connectivity index is -0.000000313. The Kier molecular flexibility index (Phi) is 13.3. The molecule has 0 aliphatic rings. The maximum absolute atomic E-state index is 10.1. The number of hydrogen-bond donors (Lipinski definition) is 2. The van der Waals surface area contributed by atoms with Gasteiger partial charge >= 0.3 is 24.4 Å². The maximum atomic E-state index is 10.1. The summed E-state index contributed by atoms with van der Waals surface area (Å²) in [4.78, 5) is 52.0. The molecule has 0 heterocycles. The van der Waals surface area contributed by atoms with E-state index in [-0.39, 0.29) is 11.9 Å². The van der Waals surface area contributed by atoms with Gasteiger partial charge in [-0.25, -0.2) is 4.79 Å². The normalized spacial score (nSPS) is 9.53. The SMILES string of the molecule is CC(=O)OC=O.O.O=C(O)CC(O[N+](=O)[O-])C(=O)O. The Morgan fingerprint density at radius 2 is 1.84 bits per heavy atom. The van der Waals surface area contributed by atoms with Gasteiger partial charge in [0.05, 0.1) is 6.42 Å². The van der Waals surface area contributed by atoms with Crippen molar-refractivity contribution >= 4 is 24.4 Å². The lowest BCUT2D eigenvalue weighted by Gasteiger charge is -2.05. The molecule has 19 heavy (non-hydrogen) atoms. The highest BCUT2D eigenvalue weighted by atomic mass is 17.0. The summed E-state index contributed by atoms with van der Waals surface area (Å²) in [5.41, 5.74) is 0. The average molecular weight is 285 g/mol. The molecule has 0 spiro atoms. The van der Waals surface area contributed by atoms with Gasteiger partial charge in [-0.2, -0.15) is 0 Å². The first-order valence-electron chi connectivity index (χ1n) is 4.07. The number of rotatable bonds is 6. The average Bonchev–Trinajstić information content (AvgIpc) is 2.15. The van der Waals surface area contributed by atoms with E-state index in [1.165, 1.54) is 0 Å². The van der Waals surface area contributed by atoms with Crippen molar-refractivity contribution in [3.05, 3.63) is 10.1 Å². The second-order valence-corrected chi connectivity index (χ2v) is 2.46. The molecule has 0 aromatic rings. The van der Waals surface area contributed by atoms with Crippen molar-refractivity contribution in [1.82, 2.24) is 0 Å². The van der Waals surface area contributed by atoms with Crippen LogP contribution in [0.5, 0.6) is 0 Å². The Bertz CT molecular complexity index is 322. The van der Waals surface area contributed by atoms with Crippen LogP contribution in [0.4, 0.5) is 0 Å². The number of hydrogen-bond acceptors (Lipinski definition) is 8. The third-order valence-corrected chi connectivity index (χ3v) is 1.06. The molecule has 0 rings (SSSR count). The van der Waals surface area contributed by atoms with Gasteiger partial charge in [0, 0.05) is 6.92 Å². The van der Waals surface area contributed by atoms with Crippen LogP contribution in [0.15, 0.2) is 0 Å². The van der Waals surface area contributed by atoms with Gasteiger partial charge in [-0.1, -0.05) is 0 Å². The van der Waals surface area contributed by atoms with Crippen LogP contribution in [0.2, 0.25) is 0 Å². The molecule has 0 bridgehead atoms. The van der Waals surface area contributed by atoms with Crippen LogP contribution in [0.1, 0.15) is 13.3 Å². The molecule has 0 aliphatic carbocycles. The maximum Gasteiger partial charge on any atom is 0.333 e. The fourth-order valence-corrected chi connectivity index (χ4v) is 0.500. The van der Waals surface area contributed by atoms with Crippen LogP contribution < -0.4 is 0 Å². The quantitative estimate of drug-likeness (QED) is 0.180. The first-order chi connectivity index (χ1) is 8.20. The first kappa shape index (κ1) is 21.5. The highest BCUT2D eigenvalue weighted by Gasteiger charge is 2.24. The first-order valence-corrected chi connectivity index (χ1v) is 4.07. The molecule has 1 atom stereocenters. The monoisotopic (exact) mass is 285 g/mol. The lowest BCUT2D eigenvalue weighted by molar-refractivity contribution is -0.764. The van der Waals surface area contributed by atoms with Crippen molar-refractivity contribution < 1.29 is 49.5 Å². The zero-order chi connectivity index (χ0) is 14.7. The Morgan fingerprint density at radius 3 is 2.00 bits per heavy atom. The van der Waals surface area contributed by atoms with Crippen LogP contribution in [-0.2, 0) is 28.8 Å². The molecule has 0 aromatic heterocycles. The van der Waals surface area contributed by atoms with Gasteiger partial charge in [0.15, 0.2) is 0 Å². The smallest absolute Gasteiger partial charge is 0.333 e. The van der Waals surface area contributed by atoms with E-state index in [9.17, 15) is 29.3 Å². The van der Waals surface area contributed by atoms with Crippen LogP contribution in [0.25, 0.3) is 0 Å². The second kappa shape index (κ2) is 11.7. The molecule has 0 saturated carbocycles. The molecule has 0 aromatic carbocycles. The highest BCUT2D eigenvalue weighted by Crippen LogP contribution is 1.98. The number of carboxylic acid groups (broad SMARTS) is 2. The summed E-state index contributed by atoms with van der Waals surface area (Å²) in [6, 6.07) is 0. The largest absolute Gasteiger partial charge is 0.481 e. The van der Waals surface area contributed by atoms with E-state index in [4.69, 9.17) is 10.2 Å². The topological polar surface area (TPSA) is 202 Å². The van der Waals surface area contributed by atoms with Crippen LogP contribution >= 0.6 is 0 Å². The summed E-state index contributed by atoms with van der Waals surface area (Å²) in [7, 11) is 0. The fraction of sp³-hybridized carbons (Fsp3) is 0.429. The van der Waals surface area contributed by atoms with Crippen molar-refractivity contribution in [2.45, 2.75) is 19.4 Å². The van der Waals surface area contributed by atoms with Crippen molar-refractivity contribution in [3.8, 4) is 0 Å². The fourth-order valence-electron chi connectivity index (χ4n) is 0.500. The summed E-state index contributed by atoms with van der Waals surface area (Å²) in [6.45, 7) is 1.26. The number of ether oxygens (including phenoxy) is 1. The van der Waals surface area contributed by atoms with E-state index in [1.54, 1.807) is 0 Å². The number of esters is 1. The van der Waals surface area contributed by atoms with Gasteiger partial charge in [0.1, 0.15) is 0 Å². The Morgan fingerprint density at radius 1 is 1.37 bits per heavy atom. The number of carboxylic acids is 2. The summed E-state index contributed by atoms with van der Waals surface area (Å²) in [6.07, 6.45) is -2.89. The van der Waals surface area contributed by atoms with Crippen molar-refractivity contribution in [2.24, 2.45) is 0 Å². The molecule has 0 fully saturated rings. The minimum atomic E-state index is -1.95. The second-order valence-electron chi connectivity index (χ2n) is 2.46. The lowest BCUT2D eigenvalue weighted by atomic mass is 10.2. The van der Waals surface area contributed by atoms with Gasteiger partial charge in [-0.05, 0) is 0 Å². The van der Waals surface area contributed by atoms with Gasteiger partial charge in [-0.3, -0.25) is 19.2 Å². The molecule has 0 radical (unpaired) electrons. The van der Waals surface area contributed by atoms with Crippen LogP contribution in [0, 0.1) is 10.1 Å². The summed E-state index contributed by atoms with van der Waals surface area (Å²) < 4.78 is 3.72. The third kappa shape index (κ3) is 17.8. The number of aliphatic carboxylic acids is 2. The van der Waals surface area contributed by atoms with Gasteiger partial charge in [0.2, 0.25) is 6.10 Å². The standard InChI is InChI=1S/C4H5NO7.C3H4O3.H2O/c6-3(7)1-2(4(8)9)12-5(10)11;1-3(5)6-2-4;/h2H,1H2,(H,6,7)(H,8,9);2H,1H3;1H2. The molecule has 0 amide bonds. The third-order valence-electron chi connectivity index (χ3n) is 1.06. The predicted octanol–water partition coefficient (Wildman–Crippen LogP) is -2.00. The molecule has 12 heteroatoms. The summed E-state index contributed by atoms with van der Waals surface area (Å²) in [5, 5.41) is 24.5. The lowest BCUT2D eigenvalue weighted by Crippen LogP contribution is -2.29. The van der Waals surface area contributed by atoms with E-state index in [0.717, 1.165) is 6.92 Å². The van der Waals surface area contributed by atoms with Gasteiger partial charge in [-0.15, -0.1) is 10.1 Å². The van der Waals surface area contributed by atoms with Gasteiger partial charge in [0.25, 0.3) is 5.09 Å². The highest BCUT2D eigenvalue weighted by molar-refractivity contribution is 5.79. The molecule has 110 valence electrons. The van der Waals surface area contributed by atoms with Crippen molar-refractivity contribution in [2.75, 3.05) is 0 Å². The van der Waals surface area contributed by atoms with Gasteiger partial charge < -0.3 is 20.4 Å². The molecular formula is C7H11NO11. The Hall–Kier alpha value is -2.76. The minimum Gasteiger partial charge on any atom is -0.481 e. The van der Waals surface area contributed by atoms with Crippen LogP contribution in [0.3, 0.4) is 0 Å². The predicted molar refractivity (Wildman–Crippen MR) is 53.2 cm³/mol. The molecule has 1 unspecified atom stereocenters. The Labute approximate surface area is 104 Å².